The molecule has 2 fully saturated rings. The Morgan fingerprint density at radius 1 is 0.974 bits per heavy atom. The number of ether oxygens (including phenoxy) is 1. The van der Waals surface area contributed by atoms with Crippen LogP contribution in [-0.4, -0.2) is 54.6 Å². The van der Waals surface area contributed by atoms with Gasteiger partial charge in [0.15, 0.2) is 0 Å². The number of benzene rings is 1. The second-order valence-corrected chi connectivity index (χ2v) is 10.0. The Hall–Kier alpha value is -4.05. The van der Waals surface area contributed by atoms with Crippen LogP contribution in [0, 0.1) is 18.7 Å². The quantitative estimate of drug-likeness (QED) is 0.380. The molecule has 10 heteroatoms. The second-order valence-electron chi connectivity index (χ2n) is 10.0. The van der Waals surface area contributed by atoms with Crippen LogP contribution in [0.3, 0.4) is 0 Å². The second kappa shape index (κ2) is 12.2. The Labute approximate surface area is 227 Å². The van der Waals surface area contributed by atoms with E-state index >= 15 is 0 Å². The molecule has 0 bridgehead atoms. The standard InChI is InChI=1S/C29H33FN6O3/c1-19-26(29(38)34-23-4-5-27(33-17-23)32-16-20-6-10-39-11-7-20)15-24(18-31-19)35-28(37)21-12-22(30)14-25(13-21)36-8-2-3-9-36/h4-5,12-15,17-18,20H,2-3,6-11,16H2,1H3,(H,32,33)(H,34,38)(H,35,37). The molecule has 2 amide bonds. The molecule has 204 valence electrons. The Bertz CT molecular complexity index is 1320. The summed E-state index contributed by atoms with van der Waals surface area (Å²) in [5.41, 5.74) is 2.60. The maximum atomic E-state index is 14.3. The van der Waals surface area contributed by atoms with Gasteiger partial charge in [-0.1, -0.05) is 0 Å². The number of nitrogens with one attached hydrogen (secondary N) is 3. The van der Waals surface area contributed by atoms with E-state index in [4.69, 9.17) is 4.74 Å². The third-order valence-corrected chi connectivity index (χ3v) is 7.14. The number of nitrogens with zero attached hydrogens (tertiary/aromatic N) is 3. The molecular weight excluding hydrogens is 499 g/mol. The Morgan fingerprint density at radius 2 is 1.72 bits per heavy atom. The normalized spacial score (nSPS) is 15.7. The first-order valence-electron chi connectivity index (χ1n) is 13.4. The van der Waals surface area contributed by atoms with Crippen molar-refractivity contribution in [3.63, 3.8) is 0 Å². The number of pyridine rings is 2. The summed E-state index contributed by atoms with van der Waals surface area (Å²) < 4.78 is 19.7. The molecule has 3 aromatic rings. The van der Waals surface area contributed by atoms with Crippen LogP contribution in [0.15, 0.2) is 48.8 Å². The van der Waals surface area contributed by atoms with Gasteiger partial charge in [-0.05, 0) is 74.9 Å². The lowest BCUT2D eigenvalue weighted by molar-refractivity contribution is 0.0699. The molecule has 0 atom stereocenters. The predicted molar refractivity (Wildman–Crippen MR) is 149 cm³/mol. The number of aromatic nitrogens is 2. The summed E-state index contributed by atoms with van der Waals surface area (Å²) in [7, 11) is 0. The van der Waals surface area contributed by atoms with E-state index in [1.165, 1.54) is 18.3 Å². The lowest BCUT2D eigenvalue weighted by atomic mass is 10.0. The smallest absolute Gasteiger partial charge is 0.257 e. The highest BCUT2D eigenvalue weighted by Gasteiger charge is 2.18. The van der Waals surface area contributed by atoms with Crippen LogP contribution in [0.2, 0.25) is 0 Å². The molecule has 1 aromatic carbocycles. The van der Waals surface area contributed by atoms with Crippen molar-refractivity contribution in [3.05, 3.63) is 71.4 Å². The first-order chi connectivity index (χ1) is 18.9. The van der Waals surface area contributed by atoms with Crippen molar-refractivity contribution in [3.8, 4) is 0 Å². The highest BCUT2D eigenvalue weighted by molar-refractivity contribution is 6.08. The fraction of sp³-hybridized carbons (Fsp3) is 0.379. The average Bonchev–Trinajstić information content (AvgIpc) is 3.49. The van der Waals surface area contributed by atoms with Crippen LogP contribution in [0.1, 0.15) is 52.1 Å². The van der Waals surface area contributed by atoms with Crippen LogP contribution >= 0.6 is 0 Å². The zero-order valence-electron chi connectivity index (χ0n) is 22.0. The van der Waals surface area contributed by atoms with Gasteiger partial charge in [-0.3, -0.25) is 14.6 Å². The molecule has 9 nitrogen and oxygen atoms in total. The fourth-order valence-electron chi connectivity index (χ4n) is 4.87. The van der Waals surface area contributed by atoms with Crippen LogP contribution < -0.4 is 20.9 Å². The molecule has 0 aliphatic carbocycles. The first-order valence-corrected chi connectivity index (χ1v) is 13.4. The number of hydrogen-bond acceptors (Lipinski definition) is 7. The van der Waals surface area contributed by atoms with E-state index in [1.807, 2.05) is 6.07 Å². The molecule has 0 saturated carbocycles. The highest BCUT2D eigenvalue weighted by atomic mass is 19.1. The number of carbonyl (C=O) groups excluding carboxylic acids is 2. The fourth-order valence-corrected chi connectivity index (χ4v) is 4.87. The zero-order chi connectivity index (χ0) is 27.2. The van der Waals surface area contributed by atoms with Crippen molar-refractivity contribution >= 4 is 34.7 Å². The van der Waals surface area contributed by atoms with Gasteiger partial charge in [0.05, 0.1) is 35.0 Å². The SMILES string of the molecule is Cc1ncc(NC(=O)c2cc(F)cc(N3CCCC3)c2)cc1C(=O)Nc1ccc(NCC2CCOCC2)nc1. The molecule has 0 unspecified atom stereocenters. The van der Waals surface area contributed by atoms with E-state index in [2.05, 4.69) is 30.8 Å². The molecule has 2 saturated heterocycles. The molecule has 39 heavy (non-hydrogen) atoms. The summed E-state index contributed by atoms with van der Waals surface area (Å²) >= 11 is 0. The Balaban J connectivity index is 1.21. The molecule has 2 aromatic heterocycles. The number of hydrogen-bond donors (Lipinski definition) is 3. The van der Waals surface area contributed by atoms with E-state index < -0.39 is 11.7 Å². The molecular formula is C29H33FN6O3. The molecule has 4 heterocycles. The van der Waals surface area contributed by atoms with Gasteiger partial charge in [0.2, 0.25) is 0 Å². The molecule has 2 aliphatic rings. The van der Waals surface area contributed by atoms with Gasteiger partial charge in [0.1, 0.15) is 11.6 Å². The van der Waals surface area contributed by atoms with Crippen LogP contribution in [0.4, 0.5) is 27.3 Å². The number of carbonyl (C=O) groups is 2. The summed E-state index contributed by atoms with van der Waals surface area (Å²) in [5.74, 6) is -0.00329. The van der Waals surface area contributed by atoms with Gasteiger partial charge >= 0.3 is 0 Å². The lowest BCUT2D eigenvalue weighted by Crippen LogP contribution is -2.22. The predicted octanol–water partition coefficient (Wildman–Crippen LogP) is 4.87. The van der Waals surface area contributed by atoms with Crippen molar-refractivity contribution in [1.82, 2.24) is 9.97 Å². The highest BCUT2D eigenvalue weighted by Crippen LogP contribution is 2.24. The average molecular weight is 533 g/mol. The largest absolute Gasteiger partial charge is 0.381 e. The minimum absolute atomic E-state index is 0.208. The van der Waals surface area contributed by atoms with Gasteiger partial charge in [0, 0.05) is 44.1 Å². The number of halogens is 1. The van der Waals surface area contributed by atoms with E-state index in [0.717, 1.165) is 64.3 Å². The molecule has 3 N–H and O–H groups in total. The van der Waals surface area contributed by atoms with Gasteiger partial charge in [-0.15, -0.1) is 0 Å². The third-order valence-electron chi connectivity index (χ3n) is 7.14. The van der Waals surface area contributed by atoms with Crippen molar-refractivity contribution < 1.29 is 18.7 Å². The Morgan fingerprint density at radius 3 is 2.46 bits per heavy atom. The summed E-state index contributed by atoms with van der Waals surface area (Å²) in [6.45, 7) is 5.84. The summed E-state index contributed by atoms with van der Waals surface area (Å²) in [4.78, 5) is 36.7. The van der Waals surface area contributed by atoms with E-state index in [1.54, 1.807) is 31.3 Å². The van der Waals surface area contributed by atoms with E-state index in [9.17, 15) is 14.0 Å². The monoisotopic (exact) mass is 532 g/mol. The number of anilines is 4. The van der Waals surface area contributed by atoms with Crippen molar-refractivity contribution in [2.24, 2.45) is 5.92 Å². The van der Waals surface area contributed by atoms with Gasteiger partial charge in [-0.25, -0.2) is 9.37 Å². The third kappa shape index (κ3) is 6.88. The molecule has 0 spiro atoms. The summed E-state index contributed by atoms with van der Waals surface area (Å²) in [6.07, 6.45) is 7.24. The maximum absolute atomic E-state index is 14.3. The summed E-state index contributed by atoms with van der Waals surface area (Å²) in [5, 5.41) is 8.92. The van der Waals surface area contributed by atoms with Gasteiger partial charge < -0.3 is 25.6 Å². The summed E-state index contributed by atoms with van der Waals surface area (Å²) in [6, 6.07) is 9.52. The Kier molecular flexibility index (Phi) is 8.31. The number of amides is 2. The molecule has 5 rings (SSSR count). The number of aryl methyl sites for hydroxylation is 1. The zero-order valence-corrected chi connectivity index (χ0v) is 22.0. The first kappa shape index (κ1) is 26.6. The van der Waals surface area contributed by atoms with E-state index in [-0.39, 0.29) is 11.5 Å². The van der Waals surface area contributed by atoms with Crippen molar-refractivity contribution in [1.29, 1.82) is 0 Å². The number of rotatable bonds is 8. The molecule has 0 radical (unpaired) electrons. The van der Waals surface area contributed by atoms with Crippen LogP contribution in [-0.2, 0) is 4.74 Å². The van der Waals surface area contributed by atoms with Gasteiger partial charge in [-0.2, -0.15) is 0 Å². The maximum Gasteiger partial charge on any atom is 0.257 e. The van der Waals surface area contributed by atoms with Crippen molar-refractivity contribution in [2.75, 3.05) is 53.7 Å². The molecule has 2 aliphatic heterocycles. The minimum atomic E-state index is -0.472. The van der Waals surface area contributed by atoms with Crippen molar-refractivity contribution in [2.45, 2.75) is 32.6 Å². The lowest BCUT2D eigenvalue weighted by Gasteiger charge is -2.22. The van der Waals surface area contributed by atoms with Gasteiger partial charge in [0.25, 0.3) is 11.8 Å². The minimum Gasteiger partial charge on any atom is -0.381 e. The van der Waals surface area contributed by atoms with Crippen LogP contribution in [0.25, 0.3) is 0 Å². The topological polar surface area (TPSA) is 108 Å². The van der Waals surface area contributed by atoms with Crippen LogP contribution in [0.5, 0.6) is 0 Å². The van der Waals surface area contributed by atoms with E-state index in [0.29, 0.717) is 34.2 Å².